The summed E-state index contributed by atoms with van der Waals surface area (Å²) in [4.78, 5) is 4.59. The van der Waals surface area contributed by atoms with Gasteiger partial charge in [0.15, 0.2) is 0 Å². The molecule has 3 nitrogen and oxygen atoms in total. The molecule has 0 atom stereocenters. The molecule has 1 heterocycles. The Bertz CT molecular complexity index is 872. The molecular weight excluding hydrogens is 308 g/mol. The fourth-order valence-corrected chi connectivity index (χ4v) is 3.01. The Morgan fingerprint density at radius 1 is 1.00 bits per heavy atom. The Kier molecular flexibility index (Phi) is 5.03. The van der Waals surface area contributed by atoms with Gasteiger partial charge in [0, 0.05) is 28.9 Å². The van der Waals surface area contributed by atoms with Gasteiger partial charge in [-0.25, -0.2) is 0 Å². The number of aryl methyl sites for hydroxylation is 2. The molecule has 25 heavy (non-hydrogen) atoms. The van der Waals surface area contributed by atoms with Crippen LogP contribution < -0.4 is 4.74 Å². The van der Waals surface area contributed by atoms with E-state index in [9.17, 15) is 0 Å². The number of hydrogen-bond acceptors (Lipinski definition) is 2. The minimum absolute atomic E-state index is 0.840. The van der Waals surface area contributed by atoms with Crippen molar-refractivity contribution in [3.63, 3.8) is 0 Å². The number of methoxy groups -OCH3 is 1. The van der Waals surface area contributed by atoms with Crippen molar-refractivity contribution in [1.29, 1.82) is 0 Å². The second-order valence-corrected chi connectivity index (χ2v) is 6.14. The third kappa shape index (κ3) is 3.66. The summed E-state index contributed by atoms with van der Waals surface area (Å²) in [5.74, 6) is 0.840. The number of ether oxygens (including phenoxy) is 1. The molecule has 0 aliphatic rings. The summed E-state index contributed by atoms with van der Waals surface area (Å²) < 4.78 is 7.45. The van der Waals surface area contributed by atoms with E-state index in [0.717, 1.165) is 23.4 Å². The molecule has 0 N–H and O–H groups in total. The first-order chi connectivity index (χ1) is 12.1. The number of aromatic nitrogens is 1. The predicted molar refractivity (Wildman–Crippen MR) is 105 cm³/mol. The van der Waals surface area contributed by atoms with Crippen LogP contribution in [0, 0.1) is 13.8 Å². The predicted octanol–water partition coefficient (Wildman–Crippen LogP) is 5.42. The Morgan fingerprint density at radius 3 is 2.28 bits per heavy atom. The molecule has 1 aromatic heterocycles. The summed E-state index contributed by atoms with van der Waals surface area (Å²) in [7, 11) is 1.67. The Labute approximate surface area is 149 Å². The van der Waals surface area contributed by atoms with Crippen LogP contribution in [0.4, 0.5) is 5.69 Å². The summed E-state index contributed by atoms with van der Waals surface area (Å²) in [6.07, 6.45) is 2.99. The molecule has 0 aliphatic carbocycles. The molecule has 0 bridgehead atoms. The zero-order chi connectivity index (χ0) is 17.8. The van der Waals surface area contributed by atoms with Crippen LogP contribution in [0.3, 0.4) is 0 Å². The van der Waals surface area contributed by atoms with Crippen molar-refractivity contribution in [2.24, 2.45) is 4.99 Å². The molecule has 3 heteroatoms. The monoisotopic (exact) mass is 332 g/mol. The van der Waals surface area contributed by atoms with E-state index in [1.807, 2.05) is 30.5 Å². The second kappa shape index (κ2) is 7.39. The molecule has 128 valence electrons. The summed E-state index contributed by atoms with van der Waals surface area (Å²) >= 11 is 0. The molecule has 0 fully saturated rings. The molecule has 2 aromatic carbocycles. The molecule has 3 aromatic rings. The maximum Gasteiger partial charge on any atom is 0.119 e. The van der Waals surface area contributed by atoms with E-state index in [2.05, 4.69) is 60.7 Å². The lowest BCUT2D eigenvalue weighted by Gasteiger charge is -2.10. The first-order valence-corrected chi connectivity index (χ1v) is 8.58. The molecule has 0 saturated carbocycles. The quantitative estimate of drug-likeness (QED) is 0.573. The zero-order valence-corrected chi connectivity index (χ0v) is 15.3. The SMILES string of the molecule is CCc1ccc(-n2c(C)cc(C=Nc3ccc(OC)cc3)c2C)cc1. The van der Waals surface area contributed by atoms with Crippen molar-refractivity contribution in [2.45, 2.75) is 27.2 Å². The highest BCUT2D eigenvalue weighted by Gasteiger charge is 2.09. The standard InChI is InChI=1S/C22H24N2O/c1-5-18-6-10-21(11-7-18)24-16(2)14-19(17(24)3)15-23-20-8-12-22(25-4)13-9-20/h6-15H,5H2,1-4H3. The summed E-state index contributed by atoms with van der Waals surface area (Å²) in [6.45, 7) is 6.44. The maximum atomic E-state index is 5.18. The number of hydrogen-bond donors (Lipinski definition) is 0. The van der Waals surface area contributed by atoms with Crippen molar-refractivity contribution < 1.29 is 4.74 Å². The van der Waals surface area contributed by atoms with Crippen LogP contribution >= 0.6 is 0 Å². The Morgan fingerprint density at radius 2 is 1.68 bits per heavy atom. The van der Waals surface area contributed by atoms with E-state index in [1.54, 1.807) is 7.11 Å². The van der Waals surface area contributed by atoms with Gasteiger partial charge < -0.3 is 9.30 Å². The highest BCUT2D eigenvalue weighted by Crippen LogP contribution is 2.22. The lowest BCUT2D eigenvalue weighted by Crippen LogP contribution is -1.99. The van der Waals surface area contributed by atoms with Crippen LogP contribution in [0.5, 0.6) is 5.75 Å². The van der Waals surface area contributed by atoms with Gasteiger partial charge in [0.1, 0.15) is 5.75 Å². The van der Waals surface area contributed by atoms with Gasteiger partial charge in [-0.05, 0) is 68.3 Å². The van der Waals surface area contributed by atoms with Gasteiger partial charge in [-0.2, -0.15) is 0 Å². The molecule has 3 rings (SSSR count). The fraction of sp³-hybridized carbons (Fsp3) is 0.227. The van der Waals surface area contributed by atoms with Crippen molar-refractivity contribution in [3.05, 3.63) is 77.1 Å². The summed E-state index contributed by atoms with van der Waals surface area (Å²) in [5, 5.41) is 0. The van der Waals surface area contributed by atoms with Gasteiger partial charge in [0.05, 0.1) is 12.8 Å². The molecule has 0 radical (unpaired) electrons. The topological polar surface area (TPSA) is 26.5 Å². The molecule has 0 spiro atoms. The van der Waals surface area contributed by atoms with Gasteiger partial charge in [-0.1, -0.05) is 19.1 Å². The smallest absolute Gasteiger partial charge is 0.119 e. The lowest BCUT2D eigenvalue weighted by molar-refractivity contribution is 0.415. The summed E-state index contributed by atoms with van der Waals surface area (Å²) in [5.41, 5.74) is 6.99. The molecular formula is C22H24N2O. The lowest BCUT2D eigenvalue weighted by atomic mass is 10.1. The van der Waals surface area contributed by atoms with Gasteiger partial charge in [-0.15, -0.1) is 0 Å². The molecule has 0 amide bonds. The van der Waals surface area contributed by atoms with Crippen LogP contribution in [-0.2, 0) is 6.42 Å². The van der Waals surface area contributed by atoms with Gasteiger partial charge in [0.25, 0.3) is 0 Å². The van der Waals surface area contributed by atoms with Crippen molar-refractivity contribution >= 4 is 11.9 Å². The number of rotatable bonds is 5. The first kappa shape index (κ1) is 17.0. The average Bonchev–Trinajstić information content (AvgIpc) is 2.94. The van der Waals surface area contributed by atoms with E-state index >= 15 is 0 Å². The van der Waals surface area contributed by atoms with Crippen LogP contribution in [0.2, 0.25) is 0 Å². The van der Waals surface area contributed by atoms with Gasteiger partial charge in [0.2, 0.25) is 0 Å². The molecule has 0 unspecified atom stereocenters. The largest absolute Gasteiger partial charge is 0.497 e. The van der Waals surface area contributed by atoms with Crippen LogP contribution in [0.1, 0.15) is 29.4 Å². The highest BCUT2D eigenvalue weighted by atomic mass is 16.5. The average molecular weight is 332 g/mol. The maximum absolute atomic E-state index is 5.18. The third-order valence-corrected chi connectivity index (χ3v) is 4.50. The first-order valence-electron chi connectivity index (χ1n) is 8.58. The van der Waals surface area contributed by atoms with Gasteiger partial charge in [-0.3, -0.25) is 4.99 Å². The second-order valence-electron chi connectivity index (χ2n) is 6.14. The molecule has 0 saturated heterocycles. The van der Waals surface area contributed by atoms with Crippen molar-refractivity contribution in [2.75, 3.05) is 7.11 Å². The van der Waals surface area contributed by atoms with Crippen molar-refractivity contribution in [3.8, 4) is 11.4 Å². The highest BCUT2D eigenvalue weighted by molar-refractivity contribution is 5.84. The normalized spacial score (nSPS) is 11.2. The third-order valence-electron chi connectivity index (χ3n) is 4.50. The van der Waals surface area contributed by atoms with E-state index in [-0.39, 0.29) is 0 Å². The minimum atomic E-state index is 0.840. The van der Waals surface area contributed by atoms with Gasteiger partial charge >= 0.3 is 0 Å². The van der Waals surface area contributed by atoms with E-state index in [4.69, 9.17) is 4.74 Å². The zero-order valence-electron chi connectivity index (χ0n) is 15.3. The van der Waals surface area contributed by atoms with Crippen LogP contribution in [-0.4, -0.2) is 17.9 Å². The van der Waals surface area contributed by atoms with Crippen LogP contribution in [0.25, 0.3) is 5.69 Å². The van der Waals surface area contributed by atoms with Crippen LogP contribution in [0.15, 0.2) is 59.6 Å². The number of benzene rings is 2. The minimum Gasteiger partial charge on any atom is -0.497 e. The van der Waals surface area contributed by atoms with E-state index < -0.39 is 0 Å². The number of nitrogens with zero attached hydrogens (tertiary/aromatic N) is 2. The number of aliphatic imine (C=N–C) groups is 1. The molecule has 0 aliphatic heterocycles. The summed E-state index contributed by atoms with van der Waals surface area (Å²) in [6, 6.07) is 18.7. The van der Waals surface area contributed by atoms with E-state index in [0.29, 0.717) is 0 Å². The Hall–Kier alpha value is -2.81. The van der Waals surface area contributed by atoms with Crippen molar-refractivity contribution in [1.82, 2.24) is 4.57 Å². The fourth-order valence-electron chi connectivity index (χ4n) is 3.01. The Balaban J connectivity index is 1.89. The van der Waals surface area contributed by atoms with E-state index in [1.165, 1.54) is 22.6 Å².